The standard InChI is InChI=1S/C18H21NO7S/c1-11-15(20)4-3-14-13(9-16(21)26-17(11)14)10-25-18(22)12-5-7-19(8-6-12)27(2,23)24/h3-4,9,12,20H,5-8,10H2,1-2H3. The first-order valence-electron chi connectivity index (χ1n) is 8.54. The highest BCUT2D eigenvalue weighted by Gasteiger charge is 2.30. The Morgan fingerprint density at radius 3 is 2.63 bits per heavy atom. The molecule has 8 nitrogen and oxygen atoms in total. The number of carbonyl (C=O) groups is 1. The molecule has 1 aromatic carbocycles. The van der Waals surface area contributed by atoms with Crippen molar-refractivity contribution in [3.05, 3.63) is 39.7 Å². The lowest BCUT2D eigenvalue weighted by Crippen LogP contribution is -2.40. The van der Waals surface area contributed by atoms with Gasteiger partial charge < -0.3 is 14.3 Å². The van der Waals surface area contributed by atoms with E-state index in [0.29, 0.717) is 29.4 Å². The highest BCUT2D eigenvalue weighted by molar-refractivity contribution is 7.88. The summed E-state index contributed by atoms with van der Waals surface area (Å²) in [7, 11) is -3.25. The molecule has 0 atom stereocenters. The van der Waals surface area contributed by atoms with Crippen LogP contribution in [0.3, 0.4) is 0 Å². The zero-order valence-corrected chi connectivity index (χ0v) is 15.9. The van der Waals surface area contributed by atoms with Crippen molar-refractivity contribution in [1.82, 2.24) is 4.31 Å². The van der Waals surface area contributed by atoms with Crippen LogP contribution >= 0.6 is 0 Å². The summed E-state index contributed by atoms with van der Waals surface area (Å²) in [6, 6.07) is 4.36. The van der Waals surface area contributed by atoms with Crippen molar-refractivity contribution in [2.75, 3.05) is 19.3 Å². The Labute approximate surface area is 156 Å². The van der Waals surface area contributed by atoms with E-state index >= 15 is 0 Å². The van der Waals surface area contributed by atoms with Crippen molar-refractivity contribution in [3.63, 3.8) is 0 Å². The Morgan fingerprint density at radius 2 is 2.00 bits per heavy atom. The molecule has 1 N–H and O–H groups in total. The Morgan fingerprint density at radius 1 is 1.33 bits per heavy atom. The number of ether oxygens (including phenoxy) is 1. The molecule has 3 rings (SSSR count). The van der Waals surface area contributed by atoms with Crippen LogP contribution in [-0.4, -0.2) is 43.1 Å². The number of aromatic hydroxyl groups is 1. The summed E-state index contributed by atoms with van der Waals surface area (Å²) in [5.74, 6) is -0.780. The molecule has 0 spiro atoms. The summed E-state index contributed by atoms with van der Waals surface area (Å²) in [6.45, 7) is 2.10. The van der Waals surface area contributed by atoms with Gasteiger partial charge in [0.05, 0.1) is 12.2 Å². The third kappa shape index (κ3) is 4.14. The second-order valence-corrected chi connectivity index (χ2v) is 8.70. The highest BCUT2D eigenvalue weighted by Crippen LogP contribution is 2.28. The molecule has 0 bridgehead atoms. The normalized spacial score (nSPS) is 16.5. The molecule has 1 fully saturated rings. The van der Waals surface area contributed by atoms with E-state index in [1.54, 1.807) is 13.0 Å². The zero-order valence-electron chi connectivity index (χ0n) is 15.1. The lowest BCUT2D eigenvalue weighted by atomic mass is 9.98. The van der Waals surface area contributed by atoms with E-state index < -0.39 is 21.6 Å². The molecular weight excluding hydrogens is 374 g/mol. The van der Waals surface area contributed by atoms with Gasteiger partial charge in [0.2, 0.25) is 10.0 Å². The number of phenols is 1. The quantitative estimate of drug-likeness (QED) is 0.617. The average Bonchev–Trinajstić information content (AvgIpc) is 2.62. The minimum absolute atomic E-state index is 0.0115. The molecule has 0 amide bonds. The van der Waals surface area contributed by atoms with Gasteiger partial charge in [0, 0.05) is 35.7 Å². The van der Waals surface area contributed by atoms with Crippen LogP contribution in [0.5, 0.6) is 5.75 Å². The molecule has 27 heavy (non-hydrogen) atoms. The van der Waals surface area contributed by atoms with Gasteiger partial charge in [-0.3, -0.25) is 4.79 Å². The highest BCUT2D eigenvalue weighted by atomic mass is 32.2. The fraction of sp³-hybridized carbons (Fsp3) is 0.444. The fourth-order valence-electron chi connectivity index (χ4n) is 3.23. The van der Waals surface area contributed by atoms with Crippen LogP contribution in [0.25, 0.3) is 11.0 Å². The smallest absolute Gasteiger partial charge is 0.336 e. The molecule has 0 saturated carbocycles. The summed E-state index contributed by atoms with van der Waals surface area (Å²) in [5.41, 5.74) is 0.593. The van der Waals surface area contributed by atoms with Gasteiger partial charge in [-0.2, -0.15) is 0 Å². The molecule has 0 radical (unpaired) electrons. The first-order valence-corrected chi connectivity index (χ1v) is 10.4. The number of phenolic OH excluding ortho intramolecular Hbond substituents is 1. The fourth-order valence-corrected chi connectivity index (χ4v) is 4.10. The van der Waals surface area contributed by atoms with Gasteiger partial charge in [0.15, 0.2) is 0 Å². The first-order chi connectivity index (χ1) is 12.7. The number of piperidine rings is 1. The molecule has 9 heteroatoms. The number of fused-ring (bicyclic) bond motifs is 1. The average molecular weight is 395 g/mol. The van der Waals surface area contributed by atoms with Crippen molar-refractivity contribution < 1.29 is 27.5 Å². The maximum atomic E-state index is 12.3. The van der Waals surface area contributed by atoms with Gasteiger partial charge in [0.25, 0.3) is 0 Å². The van der Waals surface area contributed by atoms with Crippen molar-refractivity contribution in [1.29, 1.82) is 0 Å². The largest absolute Gasteiger partial charge is 0.508 e. The van der Waals surface area contributed by atoms with E-state index in [9.17, 15) is 23.1 Å². The summed E-state index contributed by atoms with van der Waals surface area (Å²) in [5, 5.41) is 10.4. The Kier molecular flexibility index (Phi) is 5.25. The SMILES string of the molecule is Cc1c(O)ccc2c(COC(=O)C3CCN(S(C)(=O)=O)CC3)cc(=O)oc12. The predicted octanol–water partition coefficient (Wildman–Crippen LogP) is 1.52. The Balaban J connectivity index is 1.71. The van der Waals surface area contributed by atoms with Crippen LogP contribution < -0.4 is 5.63 Å². The third-order valence-electron chi connectivity index (χ3n) is 4.84. The lowest BCUT2D eigenvalue weighted by Gasteiger charge is -2.28. The van der Waals surface area contributed by atoms with Crippen molar-refractivity contribution in [3.8, 4) is 5.75 Å². The molecule has 2 aromatic rings. The van der Waals surface area contributed by atoms with Crippen LogP contribution in [0, 0.1) is 12.8 Å². The monoisotopic (exact) mass is 395 g/mol. The van der Waals surface area contributed by atoms with Crippen molar-refractivity contribution in [2.45, 2.75) is 26.4 Å². The summed E-state index contributed by atoms with van der Waals surface area (Å²) < 4.78 is 35.0. The minimum atomic E-state index is -3.25. The summed E-state index contributed by atoms with van der Waals surface area (Å²) in [6.07, 6.45) is 1.95. The van der Waals surface area contributed by atoms with Gasteiger partial charge in [-0.15, -0.1) is 0 Å². The zero-order chi connectivity index (χ0) is 19.8. The van der Waals surface area contributed by atoms with Crippen LogP contribution in [0.4, 0.5) is 0 Å². The second-order valence-electron chi connectivity index (χ2n) is 6.72. The molecular formula is C18H21NO7S. The van der Waals surface area contributed by atoms with Crippen LogP contribution in [0.15, 0.2) is 27.4 Å². The Hall–Kier alpha value is -2.39. The number of rotatable bonds is 4. The predicted molar refractivity (Wildman–Crippen MR) is 97.8 cm³/mol. The number of aryl methyl sites for hydroxylation is 1. The number of sulfonamides is 1. The number of nitrogens with zero attached hydrogens (tertiary/aromatic N) is 1. The second kappa shape index (κ2) is 7.32. The van der Waals surface area contributed by atoms with Crippen LogP contribution in [0.2, 0.25) is 0 Å². The number of carbonyl (C=O) groups excluding carboxylic acids is 1. The van der Waals surface area contributed by atoms with Gasteiger partial charge >= 0.3 is 11.6 Å². The number of hydrogen-bond donors (Lipinski definition) is 1. The van der Waals surface area contributed by atoms with E-state index in [4.69, 9.17) is 9.15 Å². The molecule has 1 aliphatic rings. The molecule has 1 saturated heterocycles. The van der Waals surface area contributed by atoms with Gasteiger partial charge in [0.1, 0.15) is 17.9 Å². The maximum absolute atomic E-state index is 12.3. The van der Waals surface area contributed by atoms with E-state index in [1.165, 1.54) is 16.4 Å². The van der Waals surface area contributed by atoms with E-state index in [2.05, 4.69) is 0 Å². The lowest BCUT2D eigenvalue weighted by molar-refractivity contribution is -0.151. The molecule has 0 aliphatic carbocycles. The van der Waals surface area contributed by atoms with Crippen molar-refractivity contribution in [2.24, 2.45) is 5.92 Å². The first kappa shape index (κ1) is 19.4. The van der Waals surface area contributed by atoms with Crippen molar-refractivity contribution >= 4 is 27.0 Å². The summed E-state index contributed by atoms with van der Waals surface area (Å²) >= 11 is 0. The number of hydrogen-bond acceptors (Lipinski definition) is 7. The number of benzene rings is 1. The van der Waals surface area contributed by atoms with E-state index in [1.807, 2.05) is 0 Å². The molecule has 1 aromatic heterocycles. The molecule has 146 valence electrons. The number of esters is 1. The molecule has 0 unspecified atom stereocenters. The van der Waals surface area contributed by atoms with Crippen LogP contribution in [-0.2, 0) is 26.2 Å². The molecule has 1 aliphatic heterocycles. The van der Waals surface area contributed by atoms with Gasteiger partial charge in [-0.05, 0) is 31.9 Å². The maximum Gasteiger partial charge on any atom is 0.336 e. The van der Waals surface area contributed by atoms with Gasteiger partial charge in [-0.1, -0.05) is 0 Å². The Bertz CT molecular complexity index is 1030. The summed E-state index contributed by atoms with van der Waals surface area (Å²) in [4.78, 5) is 24.1. The van der Waals surface area contributed by atoms with E-state index in [-0.39, 0.29) is 36.9 Å². The minimum Gasteiger partial charge on any atom is -0.508 e. The topological polar surface area (TPSA) is 114 Å². The van der Waals surface area contributed by atoms with Crippen LogP contribution in [0.1, 0.15) is 24.0 Å². The third-order valence-corrected chi connectivity index (χ3v) is 6.15. The van der Waals surface area contributed by atoms with Gasteiger partial charge in [-0.25, -0.2) is 17.5 Å². The molecule has 2 heterocycles. The van der Waals surface area contributed by atoms with E-state index in [0.717, 1.165) is 6.26 Å².